The van der Waals surface area contributed by atoms with E-state index in [1.54, 1.807) is 30.3 Å². The van der Waals surface area contributed by atoms with E-state index >= 15 is 0 Å². The maximum Gasteiger partial charge on any atom is 0.255 e. The van der Waals surface area contributed by atoms with E-state index in [-0.39, 0.29) is 11.8 Å². The summed E-state index contributed by atoms with van der Waals surface area (Å²) in [7, 11) is 0. The Hall–Kier alpha value is -1.59. The predicted molar refractivity (Wildman–Crippen MR) is 89.8 cm³/mol. The van der Waals surface area contributed by atoms with E-state index in [4.69, 9.17) is 17.3 Å². The van der Waals surface area contributed by atoms with Crippen LogP contribution in [0.15, 0.2) is 34.8 Å². The molecule has 0 aliphatic carbocycles. The Morgan fingerprint density at radius 3 is 2.67 bits per heavy atom. The summed E-state index contributed by atoms with van der Waals surface area (Å²) in [4.78, 5) is 16.6. The second kappa shape index (κ2) is 6.45. The second-order valence-electron chi connectivity index (χ2n) is 4.94. The number of benzene rings is 1. The topological polar surface area (TPSA) is 68.0 Å². The van der Waals surface area contributed by atoms with Gasteiger partial charge in [-0.05, 0) is 52.2 Å². The molecule has 0 unspecified atom stereocenters. The van der Waals surface area contributed by atoms with Crippen LogP contribution in [0.3, 0.4) is 0 Å². The Bertz CT molecular complexity index is 689. The van der Waals surface area contributed by atoms with Gasteiger partial charge in [-0.2, -0.15) is 0 Å². The fourth-order valence-corrected chi connectivity index (χ4v) is 2.57. The molecule has 0 atom stereocenters. The first-order valence-corrected chi connectivity index (χ1v) is 7.58. The number of hydrogen-bond donors (Lipinski definition) is 2. The average Bonchev–Trinajstić information content (AvgIpc) is 2.41. The molecule has 1 aromatic carbocycles. The van der Waals surface area contributed by atoms with Crippen LogP contribution in [0.1, 0.15) is 35.8 Å². The van der Waals surface area contributed by atoms with Crippen LogP contribution in [-0.4, -0.2) is 10.9 Å². The van der Waals surface area contributed by atoms with Crippen molar-refractivity contribution in [1.82, 2.24) is 4.98 Å². The molecule has 0 saturated carbocycles. The lowest BCUT2D eigenvalue weighted by molar-refractivity contribution is 0.102. The van der Waals surface area contributed by atoms with Gasteiger partial charge in [0, 0.05) is 20.8 Å². The molecule has 110 valence electrons. The van der Waals surface area contributed by atoms with Crippen LogP contribution >= 0.6 is 27.5 Å². The number of rotatable bonds is 3. The number of nitrogens with two attached hydrogens (primary N) is 1. The Morgan fingerprint density at radius 2 is 2.05 bits per heavy atom. The fourth-order valence-electron chi connectivity index (χ4n) is 1.79. The minimum atomic E-state index is -0.242. The number of carbonyl (C=O) groups is 1. The van der Waals surface area contributed by atoms with Crippen molar-refractivity contribution < 1.29 is 4.79 Å². The number of anilines is 2. The Balaban J connectivity index is 2.28. The Labute approximate surface area is 136 Å². The SMILES string of the molecule is CC(C)c1cc(C(=O)Nc2ccc(Cl)cc2Br)cc(N)n1. The highest BCUT2D eigenvalue weighted by Crippen LogP contribution is 2.26. The van der Waals surface area contributed by atoms with Gasteiger partial charge in [0.15, 0.2) is 0 Å². The molecule has 0 aliphatic heterocycles. The van der Waals surface area contributed by atoms with Crippen molar-refractivity contribution in [2.45, 2.75) is 19.8 Å². The smallest absolute Gasteiger partial charge is 0.255 e. The molecule has 0 spiro atoms. The molecule has 6 heteroatoms. The Kier molecular flexibility index (Phi) is 4.85. The molecule has 4 nitrogen and oxygen atoms in total. The van der Waals surface area contributed by atoms with E-state index < -0.39 is 0 Å². The molecule has 1 amide bonds. The van der Waals surface area contributed by atoms with E-state index in [9.17, 15) is 4.79 Å². The summed E-state index contributed by atoms with van der Waals surface area (Å²) in [5.74, 6) is 0.290. The first kappa shape index (κ1) is 15.8. The number of nitrogens with one attached hydrogen (secondary N) is 1. The van der Waals surface area contributed by atoms with Crippen molar-refractivity contribution >= 4 is 44.9 Å². The normalized spacial score (nSPS) is 10.7. The van der Waals surface area contributed by atoms with Gasteiger partial charge in [0.1, 0.15) is 5.82 Å². The van der Waals surface area contributed by atoms with Crippen LogP contribution < -0.4 is 11.1 Å². The first-order valence-electron chi connectivity index (χ1n) is 6.40. The van der Waals surface area contributed by atoms with Gasteiger partial charge in [-0.15, -0.1) is 0 Å². The number of nitrogens with zero attached hydrogens (tertiary/aromatic N) is 1. The third-order valence-electron chi connectivity index (χ3n) is 2.90. The number of amides is 1. The van der Waals surface area contributed by atoms with Gasteiger partial charge in [-0.1, -0.05) is 25.4 Å². The van der Waals surface area contributed by atoms with Crippen molar-refractivity contribution in [2.75, 3.05) is 11.1 Å². The quantitative estimate of drug-likeness (QED) is 0.840. The summed E-state index contributed by atoms with van der Waals surface area (Å²) >= 11 is 9.24. The minimum Gasteiger partial charge on any atom is -0.384 e. The number of aromatic nitrogens is 1. The molecule has 21 heavy (non-hydrogen) atoms. The summed E-state index contributed by atoms with van der Waals surface area (Å²) in [6.07, 6.45) is 0. The molecule has 1 aromatic heterocycles. The van der Waals surface area contributed by atoms with Crippen molar-refractivity contribution in [1.29, 1.82) is 0 Å². The fraction of sp³-hybridized carbons (Fsp3) is 0.200. The molecule has 2 aromatic rings. The molecule has 0 radical (unpaired) electrons. The molecule has 2 rings (SSSR count). The summed E-state index contributed by atoms with van der Waals surface area (Å²) in [6, 6.07) is 8.48. The number of nitrogen functional groups attached to an aromatic ring is 1. The zero-order chi connectivity index (χ0) is 15.6. The molecular formula is C15H15BrClN3O. The van der Waals surface area contributed by atoms with Crippen LogP contribution in [0.2, 0.25) is 5.02 Å². The van der Waals surface area contributed by atoms with Crippen molar-refractivity contribution in [3.8, 4) is 0 Å². The largest absolute Gasteiger partial charge is 0.384 e. The standard InChI is InChI=1S/C15H15BrClN3O/c1-8(2)13-5-9(6-14(18)19-13)15(21)20-12-4-3-10(17)7-11(12)16/h3-8H,1-2H3,(H2,18,19)(H,20,21). The van der Waals surface area contributed by atoms with Crippen molar-refractivity contribution in [2.24, 2.45) is 0 Å². The van der Waals surface area contributed by atoms with Crippen LogP contribution in [0.25, 0.3) is 0 Å². The highest BCUT2D eigenvalue weighted by atomic mass is 79.9. The van der Waals surface area contributed by atoms with E-state index in [0.717, 1.165) is 10.2 Å². The van der Waals surface area contributed by atoms with E-state index in [2.05, 4.69) is 26.2 Å². The van der Waals surface area contributed by atoms with E-state index in [1.165, 1.54) is 0 Å². The van der Waals surface area contributed by atoms with E-state index in [1.807, 2.05) is 13.8 Å². The van der Waals surface area contributed by atoms with Crippen LogP contribution in [0.5, 0.6) is 0 Å². The van der Waals surface area contributed by atoms with Gasteiger partial charge in [-0.3, -0.25) is 4.79 Å². The first-order chi connectivity index (χ1) is 9.86. The van der Waals surface area contributed by atoms with Crippen LogP contribution in [0, 0.1) is 0 Å². The third-order valence-corrected chi connectivity index (χ3v) is 3.79. The van der Waals surface area contributed by atoms with Crippen molar-refractivity contribution in [3.05, 3.63) is 51.1 Å². The summed E-state index contributed by atoms with van der Waals surface area (Å²) < 4.78 is 0.717. The molecule has 3 N–H and O–H groups in total. The molecule has 1 heterocycles. The van der Waals surface area contributed by atoms with E-state index in [0.29, 0.717) is 22.1 Å². The number of halogens is 2. The monoisotopic (exact) mass is 367 g/mol. The van der Waals surface area contributed by atoms with Crippen LogP contribution in [0.4, 0.5) is 11.5 Å². The number of carbonyl (C=O) groups excluding carboxylic acids is 1. The zero-order valence-corrected chi connectivity index (χ0v) is 14.0. The van der Waals surface area contributed by atoms with Gasteiger partial charge < -0.3 is 11.1 Å². The minimum absolute atomic E-state index is 0.197. The molecule has 0 fully saturated rings. The zero-order valence-electron chi connectivity index (χ0n) is 11.7. The average molecular weight is 369 g/mol. The Morgan fingerprint density at radius 1 is 1.33 bits per heavy atom. The summed E-state index contributed by atoms with van der Waals surface area (Å²) in [5.41, 5.74) is 7.67. The molecular weight excluding hydrogens is 354 g/mol. The second-order valence-corrected chi connectivity index (χ2v) is 6.23. The van der Waals surface area contributed by atoms with Gasteiger partial charge in [0.2, 0.25) is 0 Å². The molecule has 0 bridgehead atoms. The van der Waals surface area contributed by atoms with Gasteiger partial charge >= 0.3 is 0 Å². The van der Waals surface area contributed by atoms with Gasteiger partial charge in [-0.25, -0.2) is 4.98 Å². The lowest BCUT2D eigenvalue weighted by Crippen LogP contribution is -2.14. The van der Waals surface area contributed by atoms with Gasteiger partial charge in [0.05, 0.1) is 5.69 Å². The van der Waals surface area contributed by atoms with Crippen molar-refractivity contribution in [3.63, 3.8) is 0 Å². The summed E-state index contributed by atoms with van der Waals surface area (Å²) in [6.45, 7) is 4.00. The number of pyridine rings is 1. The van der Waals surface area contributed by atoms with Gasteiger partial charge in [0.25, 0.3) is 5.91 Å². The lowest BCUT2D eigenvalue weighted by atomic mass is 10.1. The lowest BCUT2D eigenvalue weighted by Gasteiger charge is -2.11. The maximum absolute atomic E-state index is 12.3. The van der Waals surface area contributed by atoms with Crippen LogP contribution in [-0.2, 0) is 0 Å². The maximum atomic E-state index is 12.3. The highest BCUT2D eigenvalue weighted by Gasteiger charge is 2.12. The summed E-state index contributed by atoms with van der Waals surface area (Å²) in [5, 5.41) is 3.41. The number of hydrogen-bond acceptors (Lipinski definition) is 3. The predicted octanol–water partition coefficient (Wildman–Crippen LogP) is 4.46. The third kappa shape index (κ3) is 3.95. The molecule has 0 aliphatic rings. The highest BCUT2D eigenvalue weighted by molar-refractivity contribution is 9.10. The molecule has 0 saturated heterocycles.